The fourth-order valence-corrected chi connectivity index (χ4v) is 4.59. The minimum atomic E-state index is -0.460. The van der Waals surface area contributed by atoms with Gasteiger partial charge in [0.05, 0.1) is 9.85 Å². The van der Waals surface area contributed by atoms with Gasteiger partial charge in [-0.3, -0.25) is 20.2 Å². The van der Waals surface area contributed by atoms with Crippen molar-refractivity contribution >= 4 is 22.7 Å². The highest BCUT2D eigenvalue weighted by Gasteiger charge is 2.08. The fourth-order valence-electron chi connectivity index (χ4n) is 4.59. The molecule has 0 spiro atoms. The smallest absolute Gasteiger partial charge is 0.269 e. The maximum absolute atomic E-state index is 11.1. The van der Waals surface area contributed by atoms with E-state index in [2.05, 4.69) is 47.4 Å². The first-order valence-corrected chi connectivity index (χ1v) is 15.4. The number of nitrogens with zero attached hydrogens (tertiary/aromatic N) is 4. The van der Waals surface area contributed by atoms with E-state index >= 15 is 0 Å². The highest BCUT2D eigenvalue weighted by atomic mass is 16.6. The Morgan fingerprint density at radius 2 is 0.640 bits per heavy atom. The summed E-state index contributed by atoms with van der Waals surface area (Å²) in [6.07, 6.45) is 0. The second-order valence-corrected chi connectivity index (χ2v) is 11.4. The first kappa shape index (κ1) is 34.1. The molecule has 8 nitrogen and oxygen atoms in total. The van der Waals surface area contributed by atoms with Gasteiger partial charge in [-0.25, -0.2) is 0 Å². The molecule has 0 fully saturated rings. The van der Waals surface area contributed by atoms with Gasteiger partial charge in [0.1, 0.15) is 0 Å². The molecule has 0 amide bonds. The molecule has 5 aromatic rings. The summed E-state index contributed by atoms with van der Waals surface area (Å²) >= 11 is 0. The van der Waals surface area contributed by atoms with E-state index in [4.69, 9.17) is 0 Å². The van der Waals surface area contributed by atoms with Crippen LogP contribution in [0.15, 0.2) is 109 Å². The zero-order valence-electron chi connectivity index (χ0n) is 27.8. The normalized spacial score (nSPS) is 9.68. The van der Waals surface area contributed by atoms with Gasteiger partial charge in [0.2, 0.25) is 0 Å². The lowest BCUT2D eigenvalue weighted by Crippen LogP contribution is -2.07. The Kier molecular flexibility index (Phi) is 10.6. The van der Waals surface area contributed by atoms with Crippen LogP contribution in [0.4, 0.5) is 22.7 Å². The molecule has 8 heteroatoms. The summed E-state index contributed by atoms with van der Waals surface area (Å²) in [5.74, 6) is 25.6. The van der Waals surface area contributed by atoms with Crippen molar-refractivity contribution in [2.24, 2.45) is 0 Å². The molecule has 0 bridgehead atoms. The maximum atomic E-state index is 11.1. The lowest BCUT2D eigenvalue weighted by Gasteiger charge is -2.11. The third kappa shape index (κ3) is 8.96. The van der Waals surface area contributed by atoms with Gasteiger partial charge in [0.15, 0.2) is 0 Å². The van der Waals surface area contributed by atoms with Gasteiger partial charge in [0, 0.05) is 108 Å². The van der Waals surface area contributed by atoms with Crippen molar-refractivity contribution < 1.29 is 9.85 Å². The van der Waals surface area contributed by atoms with Crippen LogP contribution in [0.25, 0.3) is 0 Å². The van der Waals surface area contributed by atoms with Gasteiger partial charge >= 0.3 is 0 Å². The topological polar surface area (TPSA) is 92.8 Å². The maximum Gasteiger partial charge on any atom is 0.269 e. The van der Waals surface area contributed by atoms with Crippen LogP contribution in [0.5, 0.6) is 0 Å². The first-order chi connectivity index (χ1) is 24.0. The second-order valence-electron chi connectivity index (χ2n) is 11.4. The number of nitro benzene ring substituents is 2. The lowest BCUT2D eigenvalue weighted by molar-refractivity contribution is -0.385. The monoisotopic (exact) mass is 654 g/mol. The lowest BCUT2D eigenvalue weighted by atomic mass is 9.97. The van der Waals surface area contributed by atoms with Crippen LogP contribution in [-0.2, 0) is 0 Å². The van der Waals surface area contributed by atoms with E-state index in [9.17, 15) is 20.2 Å². The van der Waals surface area contributed by atoms with Crippen LogP contribution in [-0.4, -0.2) is 38.0 Å². The summed E-state index contributed by atoms with van der Waals surface area (Å²) in [7, 11) is 7.91. The summed E-state index contributed by atoms with van der Waals surface area (Å²) in [5.41, 5.74) is 7.33. The second kappa shape index (κ2) is 15.6. The molecule has 242 valence electrons. The molecule has 50 heavy (non-hydrogen) atoms. The molecule has 0 aliphatic rings. The molecule has 0 saturated heterocycles. The van der Waals surface area contributed by atoms with Crippen LogP contribution in [0, 0.1) is 67.6 Å². The molecule has 0 radical (unpaired) electrons. The van der Waals surface area contributed by atoms with E-state index in [1.54, 1.807) is 24.3 Å². The Morgan fingerprint density at radius 1 is 0.400 bits per heavy atom. The van der Waals surface area contributed by atoms with Crippen molar-refractivity contribution in [1.29, 1.82) is 0 Å². The molecular formula is C42H30N4O4. The zero-order chi connectivity index (χ0) is 35.6. The Hall–Kier alpha value is -7.26. The van der Waals surface area contributed by atoms with Crippen molar-refractivity contribution in [2.45, 2.75) is 0 Å². The largest absolute Gasteiger partial charge is 0.378 e. The van der Waals surface area contributed by atoms with Crippen molar-refractivity contribution in [1.82, 2.24) is 0 Å². The molecule has 5 aromatic carbocycles. The van der Waals surface area contributed by atoms with Gasteiger partial charge in [-0.1, -0.05) is 47.4 Å². The number of rotatable bonds is 4. The molecule has 0 heterocycles. The molecular weight excluding hydrogens is 624 g/mol. The molecule has 0 atom stereocenters. The number of anilines is 2. The van der Waals surface area contributed by atoms with E-state index < -0.39 is 9.85 Å². The zero-order valence-corrected chi connectivity index (χ0v) is 27.8. The van der Waals surface area contributed by atoms with E-state index in [1.807, 2.05) is 98.7 Å². The molecule has 5 rings (SSSR count). The Bertz CT molecular complexity index is 2150. The average Bonchev–Trinajstić information content (AvgIpc) is 3.12. The summed E-state index contributed by atoms with van der Waals surface area (Å²) in [6.45, 7) is 0. The summed E-state index contributed by atoms with van der Waals surface area (Å²) in [6, 6.07) is 31.5. The summed E-state index contributed by atoms with van der Waals surface area (Å²) in [5, 5.41) is 22.3. The van der Waals surface area contributed by atoms with Crippen LogP contribution in [0.3, 0.4) is 0 Å². The molecule has 0 saturated carbocycles. The minimum Gasteiger partial charge on any atom is -0.378 e. The van der Waals surface area contributed by atoms with E-state index in [-0.39, 0.29) is 11.4 Å². The standard InChI is InChI=1S/C42H30N4O4/c1-43(2)39-21-9-31(10-22-39)5-17-35-29-37(19-7-33-13-25-41(26-14-33)45(47)48)38(20-8-34-15-27-42(28-16-34)46(49)50)30-36(35)18-6-32-11-23-40(24-12-32)44(3)4/h9-16,21-30H,1-4H3. The molecule has 0 N–H and O–H groups in total. The quantitative estimate of drug-likeness (QED) is 0.115. The molecule has 0 aliphatic heterocycles. The van der Waals surface area contributed by atoms with Crippen molar-refractivity contribution in [3.8, 4) is 47.4 Å². The minimum absolute atomic E-state index is 0.0272. The van der Waals surface area contributed by atoms with Crippen LogP contribution in [0.1, 0.15) is 44.5 Å². The predicted molar refractivity (Wildman–Crippen MR) is 198 cm³/mol. The van der Waals surface area contributed by atoms with Crippen LogP contribution in [0.2, 0.25) is 0 Å². The van der Waals surface area contributed by atoms with Gasteiger partial charge < -0.3 is 9.80 Å². The number of nitro groups is 2. The third-order valence-corrected chi connectivity index (χ3v) is 7.45. The van der Waals surface area contributed by atoms with Crippen LogP contribution < -0.4 is 9.80 Å². The van der Waals surface area contributed by atoms with E-state index in [1.165, 1.54) is 24.3 Å². The number of non-ortho nitro benzene ring substituents is 2. The SMILES string of the molecule is CN(C)c1ccc(C#Cc2cc(C#Cc3ccc([N+](=O)[O-])cc3)c(C#Cc3ccc([N+](=O)[O-])cc3)cc2C#Cc2ccc(N(C)C)cc2)cc1. The van der Waals surface area contributed by atoms with Gasteiger partial charge in [-0.2, -0.15) is 0 Å². The Balaban J connectivity index is 1.65. The summed E-state index contributed by atoms with van der Waals surface area (Å²) in [4.78, 5) is 25.4. The van der Waals surface area contributed by atoms with Gasteiger partial charge in [0.25, 0.3) is 11.4 Å². The molecule has 0 aromatic heterocycles. The van der Waals surface area contributed by atoms with Crippen molar-refractivity contribution in [2.75, 3.05) is 38.0 Å². The van der Waals surface area contributed by atoms with E-state index in [0.29, 0.717) is 33.4 Å². The number of benzene rings is 5. The Morgan fingerprint density at radius 3 is 0.860 bits per heavy atom. The van der Waals surface area contributed by atoms with Crippen LogP contribution >= 0.6 is 0 Å². The van der Waals surface area contributed by atoms with Crippen molar-refractivity contribution in [3.63, 3.8) is 0 Å². The molecule has 0 unspecified atom stereocenters. The van der Waals surface area contributed by atoms with Gasteiger partial charge in [-0.15, -0.1) is 0 Å². The van der Waals surface area contributed by atoms with E-state index in [0.717, 1.165) is 22.5 Å². The highest BCUT2D eigenvalue weighted by molar-refractivity contribution is 5.65. The van der Waals surface area contributed by atoms with Crippen molar-refractivity contribution in [3.05, 3.63) is 174 Å². The average molecular weight is 655 g/mol. The molecule has 0 aliphatic carbocycles. The highest BCUT2D eigenvalue weighted by Crippen LogP contribution is 2.19. The van der Waals surface area contributed by atoms with Gasteiger partial charge in [-0.05, 0) is 84.9 Å². The third-order valence-electron chi connectivity index (χ3n) is 7.45. The first-order valence-electron chi connectivity index (χ1n) is 15.4. The fraction of sp³-hybridized carbons (Fsp3) is 0.0952. The summed E-state index contributed by atoms with van der Waals surface area (Å²) < 4.78 is 0. The Labute approximate surface area is 291 Å². The number of hydrogen-bond donors (Lipinski definition) is 0. The predicted octanol–water partition coefficient (Wildman–Crippen LogP) is 7.23. The number of hydrogen-bond acceptors (Lipinski definition) is 6.